The van der Waals surface area contributed by atoms with Crippen LogP contribution in [-0.4, -0.2) is 103 Å². The third-order valence-corrected chi connectivity index (χ3v) is 13.5. The van der Waals surface area contributed by atoms with Crippen molar-refractivity contribution in [2.45, 2.75) is 123 Å². The summed E-state index contributed by atoms with van der Waals surface area (Å²) in [5, 5.41) is 22.3. The topological polar surface area (TPSA) is 202 Å². The lowest BCUT2D eigenvalue weighted by atomic mass is 9.85. The number of rotatable bonds is 18. The molecule has 0 aliphatic carbocycles. The van der Waals surface area contributed by atoms with Crippen LogP contribution in [0.2, 0.25) is 0 Å². The lowest BCUT2D eigenvalue weighted by molar-refractivity contribution is -0.144. The van der Waals surface area contributed by atoms with Gasteiger partial charge in [0.1, 0.15) is 17.9 Å². The zero-order valence-electron chi connectivity index (χ0n) is 38.6. The molecule has 2 aliphatic heterocycles. The van der Waals surface area contributed by atoms with Crippen LogP contribution in [0.15, 0.2) is 72.2 Å². The molecule has 5 aromatic rings. The Morgan fingerprint density at radius 2 is 1.65 bits per heavy atom. The number of H-pyrrole nitrogens is 1. The van der Waals surface area contributed by atoms with Crippen molar-refractivity contribution in [3.63, 3.8) is 0 Å². The lowest BCUT2D eigenvalue weighted by Gasteiger charge is -2.35. The first-order valence-corrected chi connectivity index (χ1v) is 24.0. The molecule has 16 heteroatoms. The number of hydrogen-bond donors (Lipinski definition) is 6. The summed E-state index contributed by atoms with van der Waals surface area (Å²) in [7, 11) is 0. The smallest absolute Gasteiger partial charge is 0.255 e. The van der Waals surface area contributed by atoms with Gasteiger partial charge in [0.25, 0.3) is 11.8 Å². The average Bonchev–Trinajstić information content (AvgIpc) is 4.11. The van der Waals surface area contributed by atoms with Crippen LogP contribution in [0.1, 0.15) is 117 Å². The molecule has 4 atom stereocenters. The number of likely N-dealkylation sites (tertiary alicyclic amines) is 2. The van der Waals surface area contributed by atoms with Crippen LogP contribution < -0.4 is 21.3 Å². The van der Waals surface area contributed by atoms with Gasteiger partial charge in [-0.25, -0.2) is 9.97 Å². The Hall–Kier alpha value is -5.97. The number of carbonyl (C=O) groups excluding carboxylic acids is 5. The molecular formula is C50H63N9O6S. The second-order valence-electron chi connectivity index (χ2n) is 18.8. The number of carbonyl (C=O) groups is 5. The van der Waals surface area contributed by atoms with Crippen molar-refractivity contribution in [3.8, 4) is 10.4 Å². The summed E-state index contributed by atoms with van der Waals surface area (Å²) in [6, 6.07) is 18.8. The molecular weight excluding hydrogens is 855 g/mol. The van der Waals surface area contributed by atoms with Crippen LogP contribution >= 0.6 is 11.3 Å². The van der Waals surface area contributed by atoms with Crippen molar-refractivity contribution in [3.05, 3.63) is 100 Å². The molecule has 0 unspecified atom stereocenters. The fourth-order valence-electron chi connectivity index (χ4n) is 8.69. The van der Waals surface area contributed by atoms with Crippen molar-refractivity contribution in [1.29, 1.82) is 0 Å². The number of benzene rings is 3. The van der Waals surface area contributed by atoms with E-state index in [1.54, 1.807) is 35.6 Å². The first-order valence-electron chi connectivity index (χ1n) is 23.1. The fraction of sp³-hybridized carbons (Fsp3) is 0.460. The predicted molar refractivity (Wildman–Crippen MR) is 257 cm³/mol. The van der Waals surface area contributed by atoms with E-state index in [-0.39, 0.29) is 49.6 Å². The number of aliphatic hydroxyl groups excluding tert-OH is 1. The molecule has 0 spiro atoms. The molecule has 6 N–H and O–H groups in total. The highest BCUT2D eigenvalue weighted by Gasteiger charge is 2.44. The number of aromatic nitrogens is 3. The quantitative estimate of drug-likeness (QED) is 0.0516. The van der Waals surface area contributed by atoms with Gasteiger partial charge in [-0.3, -0.25) is 28.9 Å². The number of amides is 5. The maximum Gasteiger partial charge on any atom is 0.255 e. The Morgan fingerprint density at radius 1 is 0.924 bits per heavy atom. The summed E-state index contributed by atoms with van der Waals surface area (Å²) >= 11 is 1.57. The molecule has 5 amide bonds. The lowest BCUT2D eigenvalue weighted by Crippen LogP contribution is -2.57. The molecule has 3 aromatic carbocycles. The Morgan fingerprint density at radius 3 is 2.33 bits per heavy atom. The van der Waals surface area contributed by atoms with Crippen molar-refractivity contribution in [2.24, 2.45) is 5.41 Å². The largest absolute Gasteiger partial charge is 0.391 e. The van der Waals surface area contributed by atoms with E-state index < -0.39 is 29.5 Å². The number of nitrogens with zero attached hydrogens (tertiary/aromatic N) is 4. The Bertz CT molecular complexity index is 2500. The van der Waals surface area contributed by atoms with Gasteiger partial charge in [-0.1, -0.05) is 57.9 Å². The molecule has 66 heavy (non-hydrogen) atoms. The highest BCUT2D eigenvalue weighted by atomic mass is 32.1. The van der Waals surface area contributed by atoms with Gasteiger partial charge in [-0.05, 0) is 105 Å². The maximum atomic E-state index is 14.0. The van der Waals surface area contributed by atoms with Crippen LogP contribution in [0.5, 0.6) is 0 Å². The molecule has 4 heterocycles. The molecule has 350 valence electrons. The first-order chi connectivity index (χ1) is 31.6. The molecule has 0 saturated carbocycles. The zero-order chi connectivity index (χ0) is 47.0. The molecule has 7 rings (SSSR count). The molecule has 2 saturated heterocycles. The van der Waals surface area contributed by atoms with E-state index in [4.69, 9.17) is 4.98 Å². The van der Waals surface area contributed by atoms with Gasteiger partial charge >= 0.3 is 0 Å². The van der Waals surface area contributed by atoms with Gasteiger partial charge in [0, 0.05) is 55.3 Å². The first kappa shape index (κ1) is 48.0. The normalized spacial score (nSPS) is 18.0. The SMILES string of the molecule is Cc1ncsc1-c1ccc(CNC(=O)[C@@H]2C[C@@H](O)CN2C(=O)[C@@H](NC(=O)CCCCCCNC(=O)c2ccc(C(=O)Nc3ccc4nc(CN5CCC[C@@H]5C)[nH]c4c3)cc2)C(C)(C)C)cc1. The van der Waals surface area contributed by atoms with E-state index >= 15 is 0 Å². The summed E-state index contributed by atoms with van der Waals surface area (Å²) in [4.78, 5) is 83.9. The van der Waals surface area contributed by atoms with E-state index in [1.165, 1.54) is 17.7 Å². The van der Waals surface area contributed by atoms with E-state index in [0.717, 1.165) is 70.9 Å². The number of aryl methyl sites for hydroxylation is 1. The highest BCUT2D eigenvalue weighted by molar-refractivity contribution is 7.13. The number of β-amino-alcohol motifs (C(OH)–C–C–N with tert-alkyl or cyclic N) is 1. The van der Waals surface area contributed by atoms with Gasteiger partial charge in [0.05, 0.1) is 39.8 Å². The second-order valence-corrected chi connectivity index (χ2v) is 19.6. The second kappa shape index (κ2) is 21.6. The number of unbranched alkanes of at least 4 members (excludes halogenated alkanes) is 3. The molecule has 0 bridgehead atoms. The maximum absolute atomic E-state index is 14.0. The minimum Gasteiger partial charge on any atom is -0.391 e. The minimum absolute atomic E-state index is 0.00568. The van der Waals surface area contributed by atoms with Gasteiger partial charge in [0.15, 0.2) is 0 Å². The standard InChI is InChI=1S/C50H63N9O6S/c1-31-11-10-24-58(31)29-42-55-39-22-21-37(25-40(39)56-42)54-47(63)36-19-17-35(18-20-36)46(62)51-23-9-7-6-8-12-43(61)57-45(50(3,4)5)49(65)59-28-38(60)26-41(59)48(64)52-27-33-13-15-34(16-14-33)44-32(2)53-30-66-44/h13-22,25,30-31,38,41,45,60H,6-12,23-24,26-29H2,1-5H3,(H,51,62)(H,52,64)(H,54,63)(H,55,56)(H,57,61)/t31-,38+,41-,45+/m0/s1. The number of anilines is 1. The molecule has 2 aromatic heterocycles. The highest BCUT2D eigenvalue weighted by Crippen LogP contribution is 2.29. The Labute approximate surface area is 390 Å². The van der Waals surface area contributed by atoms with Gasteiger partial charge < -0.3 is 36.3 Å². The van der Waals surface area contributed by atoms with E-state index in [0.29, 0.717) is 35.8 Å². The minimum atomic E-state index is -0.896. The van der Waals surface area contributed by atoms with Crippen LogP contribution in [0.25, 0.3) is 21.5 Å². The Kier molecular flexibility index (Phi) is 15.7. The van der Waals surface area contributed by atoms with Crippen molar-refractivity contribution in [1.82, 2.24) is 40.7 Å². The number of aliphatic hydroxyl groups is 1. The molecule has 0 radical (unpaired) electrons. The summed E-state index contributed by atoms with van der Waals surface area (Å²) in [6.45, 7) is 12.4. The number of imidazole rings is 1. The Balaban J connectivity index is 0.799. The average molecular weight is 918 g/mol. The van der Waals surface area contributed by atoms with E-state index in [9.17, 15) is 29.1 Å². The number of aromatic amines is 1. The predicted octanol–water partition coefficient (Wildman–Crippen LogP) is 6.72. The molecule has 2 fully saturated rings. The monoisotopic (exact) mass is 917 g/mol. The summed E-state index contributed by atoms with van der Waals surface area (Å²) < 4.78 is 0. The summed E-state index contributed by atoms with van der Waals surface area (Å²) in [5.74, 6) is -0.617. The number of fused-ring (bicyclic) bond motifs is 1. The van der Waals surface area contributed by atoms with Gasteiger partial charge in [-0.2, -0.15) is 0 Å². The van der Waals surface area contributed by atoms with E-state index in [2.05, 4.69) is 43.1 Å². The number of thiazole rings is 1. The third-order valence-electron chi connectivity index (χ3n) is 12.6. The summed E-state index contributed by atoms with van der Waals surface area (Å²) in [5.41, 5.74) is 7.32. The fourth-order valence-corrected chi connectivity index (χ4v) is 9.50. The number of hydrogen-bond acceptors (Lipinski definition) is 10. The van der Waals surface area contributed by atoms with Crippen LogP contribution in [0.4, 0.5) is 5.69 Å². The third kappa shape index (κ3) is 12.3. The van der Waals surface area contributed by atoms with Crippen LogP contribution in [0, 0.1) is 12.3 Å². The zero-order valence-corrected chi connectivity index (χ0v) is 39.4. The molecule has 2 aliphatic rings. The van der Waals surface area contributed by atoms with E-state index in [1.807, 2.05) is 75.7 Å². The van der Waals surface area contributed by atoms with Crippen molar-refractivity contribution in [2.75, 3.05) is 25.0 Å². The van der Waals surface area contributed by atoms with Crippen LogP contribution in [0.3, 0.4) is 0 Å². The van der Waals surface area contributed by atoms with Crippen LogP contribution in [-0.2, 0) is 27.5 Å². The van der Waals surface area contributed by atoms with Crippen molar-refractivity contribution >= 4 is 57.6 Å². The molecule has 15 nitrogen and oxygen atoms in total. The van der Waals surface area contributed by atoms with Gasteiger partial charge in [-0.15, -0.1) is 11.3 Å². The number of nitrogens with one attached hydrogen (secondary N) is 5. The summed E-state index contributed by atoms with van der Waals surface area (Å²) in [6.07, 6.45) is 4.74. The van der Waals surface area contributed by atoms with Crippen molar-refractivity contribution < 1.29 is 29.1 Å². The van der Waals surface area contributed by atoms with Gasteiger partial charge in [0.2, 0.25) is 17.7 Å².